The van der Waals surface area contributed by atoms with Crippen molar-refractivity contribution in [3.05, 3.63) is 65.5 Å². The summed E-state index contributed by atoms with van der Waals surface area (Å²) in [5.74, 6) is 1.33. The standard InChI is InChI=1S/C26H34N2O2/c1-4-21-16-23(29)13-12-22(21)17-24-19(2)8-5-6-10-25(24)28(3)26(30)14-11-20-9-7-15-27-18-20/h7,9,11-16,18-19,24-25,29H,4-6,8,10,17H2,1-3H3. The summed E-state index contributed by atoms with van der Waals surface area (Å²) in [4.78, 5) is 19.0. The van der Waals surface area contributed by atoms with Crippen LogP contribution in [0.25, 0.3) is 6.08 Å². The normalized spacial score (nSPS) is 22.0. The van der Waals surface area contributed by atoms with Gasteiger partial charge < -0.3 is 10.0 Å². The molecule has 1 fully saturated rings. The molecule has 1 N–H and O–H groups in total. The fourth-order valence-corrected chi connectivity index (χ4v) is 4.76. The van der Waals surface area contributed by atoms with Crippen molar-refractivity contribution >= 4 is 12.0 Å². The summed E-state index contributed by atoms with van der Waals surface area (Å²) in [6.45, 7) is 4.46. The van der Waals surface area contributed by atoms with Crippen LogP contribution in [0, 0.1) is 11.8 Å². The minimum Gasteiger partial charge on any atom is -0.508 e. The fourth-order valence-electron chi connectivity index (χ4n) is 4.76. The highest BCUT2D eigenvalue weighted by molar-refractivity contribution is 5.91. The third kappa shape index (κ3) is 5.50. The van der Waals surface area contributed by atoms with Crippen molar-refractivity contribution in [2.24, 2.45) is 11.8 Å². The Balaban J connectivity index is 1.81. The Morgan fingerprint density at radius 1 is 1.23 bits per heavy atom. The second-order valence-electron chi connectivity index (χ2n) is 8.57. The van der Waals surface area contributed by atoms with Crippen LogP contribution in [-0.4, -0.2) is 34.0 Å². The molecule has 1 aromatic carbocycles. The highest BCUT2D eigenvalue weighted by Gasteiger charge is 2.33. The predicted octanol–water partition coefficient (Wildman–Crippen LogP) is 5.26. The van der Waals surface area contributed by atoms with Crippen LogP contribution < -0.4 is 0 Å². The molecule has 0 bridgehead atoms. The van der Waals surface area contributed by atoms with Crippen LogP contribution in [0.3, 0.4) is 0 Å². The number of aryl methyl sites for hydroxylation is 1. The van der Waals surface area contributed by atoms with E-state index in [0.717, 1.165) is 31.2 Å². The number of carbonyl (C=O) groups is 1. The number of hydrogen-bond donors (Lipinski definition) is 1. The van der Waals surface area contributed by atoms with Gasteiger partial charge in [-0.3, -0.25) is 9.78 Å². The van der Waals surface area contributed by atoms with Gasteiger partial charge in [-0.25, -0.2) is 0 Å². The number of aromatic nitrogens is 1. The van der Waals surface area contributed by atoms with E-state index in [1.165, 1.54) is 24.0 Å². The van der Waals surface area contributed by atoms with Crippen LogP contribution in [0.15, 0.2) is 48.8 Å². The molecule has 0 aliphatic heterocycles. The zero-order valence-corrected chi connectivity index (χ0v) is 18.4. The number of pyridine rings is 1. The van der Waals surface area contributed by atoms with Crippen molar-refractivity contribution in [3.63, 3.8) is 0 Å². The number of rotatable bonds is 6. The molecule has 30 heavy (non-hydrogen) atoms. The van der Waals surface area contributed by atoms with Gasteiger partial charge in [0, 0.05) is 31.6 Å². The molecule has 1 heterocycles. The quantitative estimate of drug-likeness (QED) is 0.526. The minimum atomic E-state index is 0.0457. The predicted molar refractivity (Wildman–Crippen MR) is 122 cm³/mol. The summed E-state index contributed by atoms with van der Waals surface area (Å²) in [6, 6.07) is 9.78. The summed E-state index contributed by atoms with van der Waals surface area (Å²) in [5, 5.41) is 9.87. The summed E-state index contributed by atoms with van der Waals surface area (Å²) >= 11 is 0. The molecule has 3 atom stereocenters. The molecule has 1 aromatic heterocycles. The van der Waals surface area contributed by atoms with Crippen LogP contribution >= 0.6 is 0 Å². The molecule has 0 radical (unpaired) electrons. The fraction of sp³-hybridized carbons (Fsp3) is 0.462. The Hall–Kier alpha value is -2.62. The van der Waals surface area contributed by atoms with Crippen LogP contribution in [0.2, 0.25) is 0 Å². The summed E-state index contributed by atoms with van der Waals surface area (Å²) < 4.78 is 0. The number of amides is 1. The van der Waals surface area contributed by atoms with Gasteiger partial charge in [0.1, 0.15) is 5.75 Å². The highest BCUT2D eigenvalue weighted by Crippen LogP contribution is 2.35. The van der Waals surface area contributed by atoms with Crippen LogP contribution in [0.1, 0.15) is 56.2 Å². The maximum atomic E-state index is 13.0. The number of hydrogen-bond acceptors (Lipinski definition) is 3. The smallest absolute Gasteiger partial charge is 0.246 e. The van der Waals surface area contributed by atoms with Gasteiger partial charge in [0.05, 0.1) is 0 Å². The number of aromatic hydroxyl groups is 1. The van der Waals surface area contributed by atoms with Crippen LogP contribution in [0.4, 0.5) is 0 Å². The number of benzene rings is 1. The first-order chi connectivity index (χ1) is 14.5. The van der Waals surface area contributed by atoms with Gasteiger partial charge >= 0.3 is 0 Å². The van der Waals surface area contributed by atoms with Gasteiger partial charge in [-0.1, -0.05) is 45.2 Å². The van der Waals surface area contributed by atoms with E-state index in [1.54, 1.807) is 24.5 Å². The lowest BCUT2D eigenvalue weighted by molar-refractivity contribution is -0.128. The first kappa shape index (κ1) is 22.1. The Morgan fingerprint density at radius 2 is 2.03 bits per heavy atom. The van der Waals surface area contributed by atoms with Crippen LogP contribution in [0.5, 0.6) is 5.75 Å². The molecular weight excluding hydrogens is 372 g/mol. The van der Waals surface area contributed by atoms with Gasteiger partial charge in [0.2, 0.25) is 5.91 Å². The van der Waals surface area contributed by atoms with Gasteiger partial charge in [-0.05, 0) is 72.1 Å². The summed E-state index contributed by atoms with van der Waals surface area (Å²) in [6.07, 6.45) is 13.5. The molecule has 1 saturated carbocycles. The number of nitrogens with zero attached hydrogens (tertiary/aromatic N) is 2. The number of likely N-dealkylation sites (N-methyl/N-ethyl adjacent to an activating group) is 1. The molecule has 0 saturated heterocycles. The Labute approximate surface area is 180 Å². The second kappa shape index (κ2) is 10.4. The SMILES string of the molecule is CCc1cc(O)ccc1CC1C(C)CCCCC1N(C)C(=O)C=Cc1cccnc1. The molecule has 3 rings (SSSR count). The molecule has 160 valence electrons. The molecule has 1 aliphatic rings. The lowest BCUT2D eigenvalue weighted by Gasteiger charge is -2.36. The molecule has 1 aliphatic carbocycles. The molecule has 0 spiro atoms. The monoisotopic (exact) mass is 406 g/mol. The zero-order chi connectivity index (χ0) is 21.5. The average molecular weight is 407 g/mol. The van der Waals surface area contributed by atoms with Gasteiger partial charge in [0.15, 0.2) is 0 Å². The third-order valence-electron chi connectivity index (χ3n) is 6.61. The Kier molecular flexibility index (Phi) is 7.67. The molecule has 4 heteroatoms. The van der Waals surface area contributed by atoms with Gasteiger partial charge in [-0.15, -0.1) is 0 Å². The maximum Gasteiger partial charge on any atom is 0.246 e. The van der Waals surface area contributed by atoms with E-state index < -0.39 is 0 Å². The number of phenolic OH excluding ortho intramolecular Hbond substituents is 1. The van der Waals surface area contributed by atoms with E-state index in [2.05, 4.69) is 24.9 Å². The van der Waals surface area contributed by atoms with Crippen molar-refractivity contribution in [3.8, 4) is 5.75 Å². The lowest BCUT2D eigenvalue weighted by Crippen LogP contribution is -2.43. The number of phenols is 1. The summed E-state index contributed by atoms with van der Waals surface area (Å²) in [5.41, 5.74) is 3.43. The molecule has 4 nitrogen and oxygen atoms in total. The van der Waals surface area contributed by atoms with E-state index in [1.807, 2.05) is 36.2 Å². The molecule has 2 aromatic rings. The first-order valence-electron chi connectivity index (χ1n) is 11.1. The molecule has 3 unspecified atom stereocenters. The average Bonchev–Trinajstić information content (AvgIpc) is 2.94. The maximum absolute atomic E-state index is 13.0. The van der Waals surface area contributed by atoms with E-state index in [9.17, 15) is 9.90 Å². The van der Waals surface area contributed by atoms with Crippen molar-refractivity contribution in [1.82, 2.24) is 9.88 Å². The zero-order valence-electron chi connectivity index (χ0n) is 18.4. The third-order valence-corrected chi connectivity index (χ3v) is 6.61. The molecular formula is C26H34N2O2. The van der Waals surface area contributed by atoms with E-state index >= 15 is 0 Å². The van der Waals surface area contributed by atoms with Gasteiger partial charge in [-0.2, -0.15) is 0 Å². The molecule has 1 amide bonds. The van der Waals surface area contributed by atoms with Crippen LogP contribution in [-0.2, 0) is 17.6 Å². The second-order valence-corrected chi connectivity index (χ2v) is 8.57. The van der Waals surface area contributed by atoms with Crippen molar-refractivity contribution < 1.29 is 9.90 Å². The van der Waals surface area contributed by atoms with E-state index in [-0.39, 0.29) is 11.9 Å². The van der Waals surface area contributed by atoms with E-state index in [4.69, 9.17) is 0 Å². The topological polar surface area (TPSA) is 53.4 Å². The Morgan fingerprint density at radius 3 is 2.77 bits per heavy atom. The van der Waals surface area contributed by atoms with E-state index in [0.29, 0.717) is 17.6 Å². The highest BCUT2D eigenvalue weighted by atomic mass is 16.3. The lowest BCUT2D eigenvalue weighted by atomic mass is 9.79. The number of carbonyl (C=O) groups excluding carboxylic acids is 1. The first-order valence-corrected chi connectivity index (χ1v) is 11.1. The largest absolute Gasteiger partial charge is 0.508 e. The minimum absolute atomic E-state index is 0.0457. The van der Waals surface area contributed by atoms with Gasteiger partial charge in [0.25, 0.3) is 0 Å². The van der Waals surface area contributed by atoms with Crippen molar-refractivity contribution in [2.75, 3.05) is 7.05 Å². The van der Waals surface area contributed by atoms with Crippen molar-refractivity contribution in [2.45, 2.75) is 58.4 Å². The summed E-state index contributed by atoms with van der Waals surface area (Å²) in [7, 11) is 1.95. The Bertz CT molecular complexity index is 863. The van der Waals surface area contributed by atoms with Crippen molar-refractivity contribution in [1.29, 1.82) is 0 Å².